The molecule has 0 saturated heterocycles. The molecule has 0 fully saturated rings. The lowest BCUT2D eigenvalue weighted by atomic mass is 10.1. The first-order valence-corrected chi connectivity index (χ1v) is 14.1. The van der Waals surface area contributed by atoms with Gasteiger partial charge in [0, 0.05) is 49.4 Å². The van der Waals surface area contributed by atoms with E-state index in [1.807, 2.05) is 0 Å². The van der Waals surface area contributed by atoms with Crippen molar-refractivity contribution in [3.63, 3.8) is 0 Å². The molecule has 0 bridgehead atoms. The molecule has 210 valence electrons. The fourth-order valence-corrected chi connectivity index (χ4v) is 6.33. The van der Waals surface area contributed by atoms with Gasteiger partial charge in [0.25, 0.3) is 0 Å². The van der Waals surface area contributed by atoms with Crippen molar-refractivity contribution in [3.05, 3.63) is 163 Å². The first kappa shape index (κ1) is 13.3. The third kappa shape index (κ3) is 3.35. The summed E-state index contributed by atoms with van der Waals surface area (Å²) in [5.74, 6) is 0. The first-order chi connectivity index (χ1) is 29.4. The first-order valence-electron chi connectivity index (χ1n) is 22.6. The molecule has 0 unspecified atom stereocenters. The van der Waals surface area contributed by atoms with Crippen LogP contribution in [0.4, 0.5) is 0 Å². The van der Waals surface area contributed by atoms with Crippen molar-refractivity contribution in [2.45, 2.75) is 0 Å². The molecular formula is C42H27N3. The van der Waals surface area contributed by atoms with Gasteiger partial charge >= 0.3 is 0 Å². The van der Waals surface area contributed by atoms with E-state index in [4.69, 9.17) is 12.3 Å². The molecule has 0 aliphatic rings. The molecule has 0 saturated carbocycles. The van der Waals surface area contributed by atoms with Gasteiger partial charge in [0.15, 0.2) is 0 Å². The number of hydrogen-bond donors (Lipinski definition) is 0. The van der Waals surface area contributed by atoms with Crippen molar-refractivity contribution in [1.82, 2.24) is 13.7 Å². The van der Waals surface area contributed by atoms with Crippen LogP contribution in [0.15, 0.2) is 163 Å². The van der Waals surface area contributed by atoms with Crippen molar-refractivity contribution in [2.24, 2.45) is 0 Å². The van der Waals surface area contributed by atoms with Crippen LogP contribution in [-0.4, -0.2) is 13.7 Å². The number of fused-ring (bicyclic) bond motifs is 10. The molecule has 10 aromatic rings. The fraction of sp³-hybridized carbons (Fsp3) is 0. The summed E-state index contributed by atoms with van der Waals surface area (Å²) in [4.78, 5) is 0. The quantitative estimate of drug-likeness (QED) is 0.194. The Balaban J connectivity index is 1.58. The molecular weight excluding hydrogens is 546 g/mol. The van der Waals surface area contributed by atoms with E-state index in [1.165, 1.54) is 9.13 Å². The van der Waals surface area contributed by atoms with Gasteiger partial charge < -0.3 is 13.7 Å². The van der Waals surface area contributed by atoms with Crippen molar-refractivity contribution in [2.75, 3.05) is 0 Å². The zero-order chi connectivity index (χ0) is 44.3. The molecule has 3 aromatic heterocycles. The monoisotopic (exact) mass is 590 g/mol. The Hall–Kier alpha value is -6.06. The minimum absolute atomic E-state index is 0.0866. The van der Waals surface area contributed by atoms with Crippen molar-refractivity contribution in [3.8, 4) is 17.1 Å². The lowest BCUT2D eigenvalue weighted by Crippen LogP contribution is -1.97. The van der Waals surface area contributed by atoms with Gasteiger partial charge in [-0.2, -0.15) is 0 Å². The molecule has 3 heterocycles. The highest BCUT2D eigenvalue weighted by molar-refractivity contribution is 6.26. The zero-order valence-electron chi connectivity index (χ0n) is 40.1. The van der Waals surface area contributed by atoms with Gasteiger partial charge in [-0.25, -0.2) is 0 Å². The van der Waals surface area contributed by atoms with Crippen molar-refractivity contribution in [1.29, 1.82) is 0 Å². The Bertz CT molecular complexity index is 3700. The topological polar surface area (TPSA) is 14.8 Å². The van der Waals surface area contributed by atoms with E-state index in [2.05, 4.69) is 0 Å². The van der Waals surface area contributed by atoms with E-state index >= 15 is 0 Å². The number of rotatable bonds is 3. The lowest BCUT2D eigenvalue weighted by Gasteiger charge is -2.12. The Labute approximate surface area is 283 Å². The summed E-state index contributed by atoms with van der Waals surface area (Å²) in [6.45, 7) is 0. The molecule has 3 nitrogen and oxygen atoms in total. The predicted molar refractivity (Wildman–Crippen MR) is 189 cm³/mol. The number of hydrogen-bond acceptors (Lipinski definition) is 0. The standard InChI is InChI=1S/C42H27N3/c1-3-13-28(14-4-1)43-38-22-12-9-19-35(38)41-39(43)26-25-34-32-18-8-11-21-37(32)45(42(34)41)30-23-24-33-31-17-7-10-20-36(31)44(40(33)27-30)29-15-5-2-6-16-29/h1-27H/i7D,8D,9D,10D,11D,12D,17D,18D,19D,20D,21D,22D,23D,24D,25D,26D,27D. The zero-order valence-corrected chi connectivity index (χ0v) is 23.1. The third-order valence-electron chi connectivity index (χ3n) is 8.14. The van der Waals surface area contributed by atoms with Crippen LogP contribution in [0, 0.1) is 0 Å². The van der Waals surface area contributed by atoms with Gasteiger partial charge in [-0.1, -0.05) is 103 Å². The number of benzene rings is 7. The summed E-state index contributed by atoms with van der Waals surface area (Å²) < 4.78 is 159. The molecule has 0 aliphatic carbocycles. The molecule has 0 atom stereocenters. The molecule has 7 aromatic carbocycles. The van der Waals surface area contributed by atoms with Crippen molar-refractivity contribution < 1.29 is 23.3 Å². The van der Waals surface area contributed by atoms with Gasteiger partial charge in [0.05, 0.1) is 56.4 Å². The highest BCUT2D eigenvalue weighted by Gasteiger charge is 2.21. The van der Waals surface area contributed by atoms with Gasteiger partial charge in [0.2, 0.25) is 0 Å². The molecule has 10 rings (SSSR count). The van der Waals surface area contributed by atoms with Gasteiger partial charge in [-0.05, 0) is 60.5 Å². The van der Waals surface area contributed by atoms with Crippen LogP contribution in [0.3, 0.4) is 0 Å². The highest BCUT2D eigenvalue weighted by atomic mass is 15.0. The van der Waals surface area contributed by atoms with Crippen LogP contribution in [-0.2, 0) is 0 Å². The van der Waals surface area contributed by atoms with Gasteiger partial charge in [-0.3, -0.25) is 0 Å². The smallest absolute Gasteiger partial charge is 0.0667 e. The van der Waals surface area contributed by atoms with E-state index in [1.54, 1.807) is 60.7 Å². The minimum Gasteiger partial charge on any atom is -0.309 e. The second kappa shape index (κ2) is 9.22. The summed E-state index contributed by atoms with van der Waals surface area (Å²) in [6.07, 6.45) is 0. The van der Waals surface area contributed by atoms with E-state index < -0.39 is 108 Å². The van der Waals surface area contributed by atoms with Crippen molar-refractivity contribution >= 4 is 65.4 Å². The van der Waals surface area contributed by atoms with Crippen LogP contribution < -0.4 is 0 Å². The number of para-hydroxylation sites is 5. The maximum atomic E-state index is 10.1. The Morgan fingerprint density at radius 2 is 0.844 bits per heavy atom. The second-order valence-electron chi connectivity index (χ2n) is 10.5. The van der Waals surface area contributed by atoms with Crippen LogP contribution in [0.1, 0.15) is 23.3 Å². The summed E-state index contributed by atoms with van der Waals surface area (Å²) in [7, 11) is 0. The summed E-state index contributed by atoms with van der Waals surface area (Å²) in [6, 6.07) is 6.64. The molecule has 0 N–H and O–H groups in total. The van der Waals surface area contributed by atoms with Crippen LogP contribution >= 0.6 is 0 Å². The van der Waals surface area contributed by atoms with Crippen LogP contribution in [0.2, 0.25) is 0 Å². The maximum Gasteiger partial charge on any atom is 0.0667 e. The van der Waals surface area contributed by atoms with Crippen LogP contribution in [0.5, 0.6) is 0 Å². The molecule has 0 radical (unpaired) electrons. The average Bonchev–Trinajstić information content (AvgIpc) is 3.94. The molecule has 3 heteroatoms. The second-order valence-corrected chi connectivity index (χ2v) is 10.5. The minimum atomic E-state index is -0.721. The SMILES string of the molecule is [2H]c1c([2H])c([2H])c2c(c1[2H])c1c([2H])c([2H])c(-n3c4c([2H])c([2H])c([2H])c([2H])c4c4c([2H])c([2H])c5c(c6c([2H])c([2H])c([2H])c([2H])c6n5-c5ccccc5)c43)c([2H])c1n2-c1ccccc1. The Kier molecular flexibility index (Phi) is 2.72. The molecule has 0 aliphatic heterocycles. The van der Waals surface area contributed by atoms with E-state index in [9.17, 15) is 11.0 Å². The largest absolute Gasteiger partial charge is 0.309 e. The average molecular weight is 591 g/mol. The summed E-state index contributed by atoms with van der Waals surface area (Å²) >= 11 is 0. The predicted octanol–water partition coefficient (Wildman–Crippen LogP) is 11.0. The Morgan fingerprint density at radius 1 is 0.356 bits per heavy atom. The Morgan fingerprint density at radius 3 is 1.51 bits per heavy atom. The lowest BCUT2D eigenvalue weighted by molar-refractivity contribution is 1.16. The normalized spacial score (nSPS) is 17.3. The van der Waals surface area contributed by atoms with E-state index in [0.717, 1.165) is 4.57 Å². The molecule has 0 amide bonds. The molecule has 0 spiro atoms. The highest BCUT2D eigenvalue weighted by Crippen LogP contribution is 2.42. The summed E-state index contributed by atoms with van der Waals surface area (Å²) in [5, 5.41) is -1.03. The number of nitrogens with zero attached hydrogens (tertiary/aromatic N) is 3. The fourth-order valence-electron chi connectivity index (χ4n) is 6.33. The molecule has 45 heavy (non-hydrogen) atoms. The maximum absolute atomic E-state index is 10.1. The van der Waals surface area contributed by atoms with E-state index in [-0.39, 0.29) is 65.4 Å². The van der Waals surface area contributed by atoms with E-state index in [0.29, 0.717) is 11.4 Å². The third-order valence-corrected chi connectivity index (χ3v) is 8.14. The number of aromatic nitrogens is 3. The summed E-state index contributed by atoms with van der Waals surface area (Å²) in [5.41, 5.74) is -0.730. The van der Waals surface area contributed by atoms with Gasteiger partial charge in [-0.15, -0.1) is 0 Å². The van der Waals surface area contributed by atoms with Gasteiger partial charge in [0.1, 0.15) is 0 Å². The van der Waals surface area contributed by atoms with Crippen LogP contribution in [0.25, 0.3) is 82.5 Å².